The van der Waals surface area contributed by atoms with Crippen molar-refractivity contribution in [3.63, 3.8) is 0 Å². The molecule has 1 aromatic heterocycles. The highest BCUT2D eigenvalue weighted by atomic mass is 16.1. The lowest BCUT2D eigenvalue weighted by atomic mass is 10.0. The molecular formula is C13H16N2O. The fourth-order valence-electron chi connectivity index (χ4n) is 2.13. The molecule has 0 atom stereocenters. The maximum atomic E-state index is 11.7. The molecule has 0 amide bonds. The van der Waals surface area contributed by atoms with Crippen LogP contribution in [0.3, 0.4) is 0 Å². The van der Waals surface area contributed by atoms with Crippen LogP contribution in [0.25, 0.3) is 10.9 Å². The summed E-state index contributed by atoms with van der Waals surface area (Å²) >= 11 is 0. The van der Waals surface area contributed by atoms with Crippen LogP contribution in [-0.2, 0) is 7.05 Å². The Hall–Kier alpha value is -1.61. The van der Waals surface area contributed by atoms with Gasteiger partial charge in [0.2, 0.25) is 0 Å². The van der Waals surface area contributed by atoms with Crippen LogP contribution in [0.5, 0.6) is 0 Å². The third kappa shape index (κ3) is 1.44. The van der Waals surface area contributed by atoms with Gasteiger partial charge in [0.05, 0.1) is 12.1 Å². The molecule has 0 aliphatic heterocycles. The van der Waals surface area contributed by atoms with E-state index < -0.39 is 0 Å². The van der Waals surface area contributed by atoms with Gasteiger partial charge < -0.3 is 10.3 Å². The maximum Gasteiger partial charge on any atom is 0.178 e. The zero-order valence-electron chi connectivity index (χ0n) is 9.87. The van der Waals surface area contributed by atoms with Crippen molar-refractivity contribution in [2.45, 2.75) is 13.8 Å². The smallest absolute Gasteiger partial charge is 0.178 e. The third-order valence-electron chi connectivity index (χ3n) is 3.15. The van der Waals surface area contributed by atoms with E-state index in [1.165, 1.54) is 11.1 Å². The van der Waals surface area contributed by atoms with E-state index in [0.29, 0.717) is 0 Å². The summed E-state index contributed by atoms with van der Waals surface area (Å²) in [5, 5.41) is 1.00. The van der Waals surface area contributed by atoms with E-state index in [-0.39, 0.29) is 12.3 Å². The van der Waals surface area contributed by atoms with Crippen molar-refractivity contribution < 1.29 is 4.79 Å². The second-order valence-electron chi connectivity index (χ2n) is 4.18. The van der Waals surface area contributed by atoms with Gasteiger partial charge in [-0.05, 0) is 25.0 Å². The molecule has 2 rings (SSSR count). The summed E-state index contributed by atoms with van der Waals surface area (Å²) in [6.07, 6.45) is 1.87. The number of hydrogen-bond acceptors (Lipinski definition) is 2. The molecule has 16 heavy (non-hydrogen) atoms. The van der Waals surface area contributed by atoms with Crippen LogP contribution in [0.2, 0.25) is 0 Å². The Morgan fingerprint density at radius 2 is 2.06 bits per heavy atom. The average Bonchev–Trinajstić information content (AvgIpc) is 2.61. The lowest BCUT2D eigenvalue weighted by Gasteiger charge is -2.04. The molecule has 0 aliphatic carbocycles. The molecule has 0 saturated carbocycles. The average molecular weight is 216 g/mol. The van der Waals surface area contributed by atoms with Gasteiger partial charge in [-0.25, -0.2) is 0 Å². The predicted octanol–water partition coefficient (Wildman–Crippen LogP) is 1.94. The second kappa shape index (κ2) is 3.76. The lowest BCUT2D eigenvalue weighted by molar-refractivity contribution is 0.100. The topological polar surface area (TPSA) is 48.0 Å². The van der Waals surface area contributed by atoms with E-state index in [4.69, 9.17) is 5.73 Å². The Morgan fingerprint density at radius 3 is 2.69 bits per heavy atom. The molecule has 84 valence electrons. The number of rotatable bonds is 2. The molecule has 0 bridgehead atoms. The second-order valence-corrected chi connectivity index (χ2v) is 4.18. The highest BCUT2D eigenvalue weighted by Gasteiger charge is 2.14. The van der Waals surface area contributed by atoms with Crippen LogP contribution < -0.4 is 5.73 Å². The highest BCUT2D eigenvalue weighted by Crippen LogP contribution is 2.26. The normalized spacial score (nSPS) is 11.0. The summed E-state index contributed by atoms with van der Waals surface area (Å²) < 4.78 is 2.00. The zero-order chi connectivity index (χ0) is 11.9. The highest BCUT2D eigenvalue weighted by molar-refractivity contribution is 6.09. The number of carbonyl (C=O) groups is 1. The van der Waals surface area contributed by atoms with Gasteiger partial charge in [-0.3, -0.25) is 4.79 Å². The van der Waals surface area contributed by atoms with Crippen molar-refractivity contribution in [2.24, 2.45) is 12.8 Å². The first-order chi connectivity index (χ1) is 7.56. The Kier molecular flexibility index (Phi) is 2.56. The Labute approximate surface area is 94.9 Å². The number of nitrogens with two attached hydrogens (primary N) is 1. The first-order valence-electron chi connectivity index (χ1n) is 5.34. The standard InChI is InChI=1S/C13H16N2O/c1-8-4-5-10-11(12(16)6-14)7-15(3)13(10)9(8)2/h4-5,7H,6,14H2,1-3H3. The van der Waals surface area contributed by atoms with Crippen molar-refractivity contribution in [3.05, 3.63) is 35.0 Å². The maximum absolute atomic E-state index is 11.7. The molecule has 0 unspecified atom stereocenters. The van der Waals surface area contributed by atoms with E-state index in [9.17, 15) is 4.79 Å². The largest absolute Gasteiger partial charge is 0.350 e. The number of aromatic nitrogens is 1. The van der Waals surface area contributed by atoms with Gasteiger partial charge in [-0.1, -0.05) is 12.1 Å². The van der Waals surface area contributed by atoms with Gasteiger partial charge in [0, 0.05) is 24.2 Å². The summed E-state index contributed by atoms with van der Waals surface area (Å²) in [5.74, 6) is -0.00569. The van der Waals surface area contributed by atoms with Crippen LogP contribution in [0.15, 0.2) is 18.3 Å². The summed E-state index contributed by atoms with van der Waals surface area (Å²) in [6, 6.07) is 4.05. The van der Waals surface area contributed by atoms with Crippen molar-refractivity contribution in [1.29, 1.82) is 0 Å². The molecular weight excluding hydrogens is 200 g/mol. The SMILES string of the molecule is Cc1ccc2c(C(=O)CN)cn(C)c2c1C. The van der Waals surface area contributed by atoms with E-state index in [2.05, 4.69) is 13.8 Å². The van der Waals surface area contributed by atoms with Gasteiger partial charge in [0.25, 0.3) is 0 Å². The van der Waals surface area contributed by atoms with Gasteiger partial charge in [-0.2, -0.15) is 0 Å². The van der Waals surface area contributed by atoms with Crippen molar-refractivity contribution >= 4 is 16.7 Å². The molecule has 0 saturated heterocycles. The number of fused-ring (bicyclic) bond motifs is 1. The Morgan fingerprint density at radius 1 is 1.38 bits per heavy atom. The van der Waals surface area contributed by atoms with Gasteiger partial charge in [0.15, 0.2) is 5.78 Å². The monoisotopic (exact) mass is 216 g/mol. The fourth-order valence-corrected chi connectivity index (χ4v) is 2.13. The molecule has 3 heteroatoms. The molecule has 2 aromatic rings. The molecule has 1 heterocycles. The summed E-state index contributed by atoms with van der Waals surface area (Å²) in [7, 11) is 1.96. The van der Waals surface area contributed by atoms with Gasteiger partial charge >= 0.3 is 0 Å². The van der Waals surface area contributed by atoms with Crippen molar-refractivity contribution in [3.8, 4) is 0 Å². The van der Waals surface area contributed by atoms with Gasteiger partial charge in [0.1, 0.15) is 0 Å². The summed E-state index contributed by atoms with van der Waals surface area (Å²) in [5.41, 5.74) is 9.72. The first-order valence-corrected chi connectivity index (χ1v) is 5.34. The lowest BCUT2D eigenvalue weighted by Crippen LogP contribution is -2.13. The van der Waals surface area contributed by atoms with Crippen LogP contribution in [0, 0.1) is 13.8 Å². The number of Topliss-reactive ketones (excluding diaryl/α,β-unsaturated/α-hetero) is 1. The number of aryl methyl sites for hydroxylation is 3. The van der Waals surface area contributed by atoms with E-state index in [0.717, 1.165) is 16.5 Å². The number of ketones is 1. The molecule has 0 aliphatic rings. The Bertz CT molecular complexity index is 567. The van der Waals surface area contributed by atoms with Gasteiger partial charge in [-0.15, -0.1) is 0 Å². The van der Waals surface area contributed by atoms with Crippen LogP contribution in [0.4, 0.5) is 0 Å². The van der Waals surface area contributed by atoms with Crippen molar-refractivity contribution in [1.82, 2.24) is 4.57 Å². The van der Waals surface area contributed by atoms with Crippen molar-refractivity contribution in [2.75, 3.05) is 6.54 Å². The molecule has 3 nitrogen and oxygen atoms in total. The summed E-state index contributed by atoms with van der Waals surface area (Å²) in [4.78, 5) is 11.7. The molecule has 0 fully saturated rings. The minimum absolute atomic E-state index is 0.00569. The molecule has 1 aromatic carbocycles. The molecule has 2 N–H and O–H groups in total. The number of hydrogen-bond donors (Lipinski definition) is 1. The van der Waals surface area contributed by atoms with E-state index in [1.807, 2.05) is 29.9 Å². The number of nitrogens with zero attached hydrogens (tertiary/aromatic N) is 1. The first kappa shape index (κ1) is 10.9. The van der Waals surface area contributed by atoms with E-state index >= 15 is 0 Å². The van der Waals surface area contributed by atoms with Crippen LogP contribution in [0.1, 0.15) is 21.5 Å². The van der Waals surface area contributed by atoms with Crippen LogP contribution in [-0.4, -0.2) is 16.9 Å². The fraction of sp³-hybridized carbons (Fsp3) is 0.308. The Balaban J connectivity index is 2.82. The number of benzene rings is 1. The molecule has 0 spiro atoms. The number of carbonyl (C=O) groups excluding carboxylic acids is 1. The minimum atomic E-state index is -0.00569. The van der Waals surface area contributed by atoms with Crippen LogP contribution >= 0.6 is 0 Å². The summed E-state index contributed by atoms with van der Waals surface area (Å²) in [6.45, 7) is 4.21. The van der Waals surface area contributed by atoms with E-state index in [1.54, 1.807) is 0 Å². The predicted molar refractivity (Wildman–Crippen MR) is 65.8 cm³/mol. The third-order valence-corrected chi connectivity index (χ3v) is 3.15. The quantitative estimate of drug-likeness (QED) is 0.780. The zero-order valence-corrected chi connectivity index (χ0v) is 9.87. The molecule has 0 radical (unpaired) electrons. The minimum Gasteiger partial charge on any atom is -0.350 e.